The number of unbranched alkanes of at least 4 members (excludes halogenated alkanes) is 1. The van der Waals surface area contributed by atoms with Crippen LogP contribution in [0.2, 0.25) is 0 Å². The second-order valence-electron chi connectivity index (χ2n) is 11.1. The molecule has 5 rings (SSSR count). The van der Waals surface area contributed by atoms with Crippen LogP contribution >= 0.6 is 11.8 Å². The van der Waals surface area contributed by atoms with Crippen molar-refractivity contribution in [2.75, 3.05) is 65.1 Å². The highest BCUT2D eigenvalue weighted by Gasteiger charge is 2.43. The molecule has 5 atom stereocenters. The van der Waals surface area contributed by atoms with Gasteiger partial charge in [0.1, 0.15) is 18.8 Å². The summed E-state index contributed by atoms with van der Waals surface area (Å²) in [6.07, 6.45) is 5.71. The number of thioether (sulfide) groups is 1. The van der Waals surface area contributed by atoms with Gasteiger partial charge in [-0.15, -0.1) is 0 Å². The third-order valence-corrected chi connectivity index (χ3v) is 9.57. The van der Waals surface area contributed by atoms with Gasteiger partial charge in [0, 0.05) is 30.5 Å². The topological polar surface area (TPSA) is 191 Å². The van der Waals surface area contributed by atoms with Crippen LogP contribution in [0.3, 0.4) is 0 Å². The van der Waals surface area contributed by atoms with Gasteiger partial charge in [-0.25, -0.2) is 9.59 Å². The highest BCUT2D eigenvalue weighted by Crippen LogP contribution is 2.54. The van der Waals surface area contributed by atoms with Gasteiger partial charge in [0.05, 0.1) is 69.4 Å². The molecule has 4 amide bonds. The first-order valence-electron chi connectivity index (χ1n) is 15.5. The lowest BCUT2D eigenvalue weighted by Crippen LogP contribution is -2.36. The zero-order chi connectivity index (χ0) is 31.6. The quantitative estimate of drug-likeness (QED) is 0.0674. The Morgan fingerprint density at radius 3 is 2.31 bits per heavy atom. The van der Waals surface area contributed by atoms with Crippen LogP contribution in [0, 0.1) is 0 Å². The van der Waals surface area contributed by atoms with E-state index in [1.165, 1.54) is 4.57 Å². The number of urea groups is 1. The normalized spacial score (nSPS) is 23.9. The molecule has 2 fully saturated rings. The number of nitrogens with zero attached hydrogens (tertiary/aromatic N) is 1. The molecule has 2 bridgehead atoms. The van der Waals surface area contributed by atoms with Crippen molar-refractivity contribution in [3.05, 3.63) is 23.3 Å². The summed E-state index contributed by atoms with van der Waals surface area (Å²) >= 11 is 1.88. The first-order valence-corrected chi connectivity index (χ1v) is 16.5. The van der Waals surface area contributed by atoms with Gasteiger partial charge in [-0.2, -0.15) is 11.8 Å². The van der Waals surface area contributed by atoms with Crippen molar-refractivity contribution >= 4 is 29.8 Å². The second-order valence-corrected chi connectivity index (χ2v) is 12.4. The summed E-state index contributed by atoms with van der Waals surface area (Å²) in [5.74, 6) is 0.908. The van der Waals surface area contributed by atoms with E-state index in [4.69, 9.17) is 23.7 Å². The van der Waals surface area contributed by atoms with E-state index in [9.17, 15) is 24.6 Å². The van der Waals surface area contributed by atoms with E-state index in [2.05, 4.69) is 21.3 Å². The lowest BCUT2D eigenvalue weighted by Gasteiger charge is -2.16. The van der Waals surface area contributed by atoms with Crippen LogP contribution in [0.5, 0.6) is 11.8 Å². The molecule has 0 spiro atoms. The van der Waals surface area contributed by atoms with Crippen molar-refractivity contribution in [2.45, 2.75) is 61.8 Å². The van der Waals surface area contributed by atoms with Crippen LogP contribution in [0.25, 0.3) is 0 Å². The van der Waals surface area contributed by atoms with Gasteiger partial charge in [-0.05, 0) is 12.8 Å². The Balaban J connectivity index is 0.768. The van der Waals surface area contributed by atoms with E-state index in [0.29, 0.717) is 55.8 Å². The van der Waals surface area contributed by atoms with Crippen LogP contribution in [-0.4, -0.2) is 115 Å². The van der Waals surface area contributed by atoms with Crippen LogP contribution in [0.15, 0.2) is 12.2 Å². The van der Waals surface area contributed by atoms with Gasteiger partial charge in [-0.1, -0.05) is 18.6 Å². The van der Waals surface area contributed by atoms with E-state index in [1.54, 1.807) is 0 Å². The molecule has 1 aromatic rings. The van der Waals surface area contributed by atoms with E-state index in [1.807, 2.05) is 23.9 Å². The largest absolute Gasteiger partial charge is 0.494 e. The Morgan fingerprint density at radius 1 is 0.911 bits per heavy atom. The average molecular weight is 654 g/mol. The Labute approximate surface area is 265 Å². The summed E-state index contributed by atoms with van der Waals surface area (Å²) in [6, 6.07) is 0.359. The fraction of sp³-hybridized carbons (Fsp3) is 0.690. The molecule has 0 saturated carbocycles. The average Bonchev–Trinajstić information content (AvgIpc) is 3.84. The van der Waals surface area contributed by atoms with E-state index < -0.39 is 6.09 Å². The number of ether oxygens (including phenoxy) is 5. The summed E-state index contributed by atoms with van der Waals surface area (Å²) < 4.78 is 28.4. The maximum absolute atomic E-state index is 12.0. The third-order valence-electron chi connectivity index (χ3n) is 8.06. The minimum atomic E-state index is -0.583. The number of aromatic hydroxyl groups is 2. The number of carbonyl (C=O) groups excluding carboxylic acids is 3. The second kappa shape index (κ2) is 16.4. The number of fused-ring (bicyclic) bond motifs is 6. The number of aromatic nitrogens is 1. The van der Waals surface area contributed by atoms with Crippen molar-refractivity contribution in [2.24, 2.45) is 0 Å². The predicted octanol–water partition coefficient (Wildman–Crippen LogP) is 1.20. The van der Waals surface area contributed by atoms with Crippen LogP contribution < -0.4 is 21.3 Å². The van der Waals surface area contributed by atoms with Crippen molar-refractivity contribution in [1.82, 2.24) is 25.8 Å². The number of hydrogen-bond acceptors (Lipinski definition) is 11. The van der Waals surface area contributed by atoms with Gasteiger partial charge in [0.15, 0.2) is 0 Å². The summed E-state index contributed by atoms with van der Waals surface area (Å²) in [4.78, 5) is 35.2. The maximum Gasteiger partial charge on any atom is 0.407 e. The van der Waals surface area contributed by atoms with E-state index in [-0.39, 0.29) is 80.9 Å². The number of carbonyl (C=O) groups is 3. The molecule has 4 aliphatic rings. The van der Waals surface area contributed by atoms with Crippen molar-refractivity contribution in [1.29, 1.82) is 0 Å². The molecule has 0 aromatic carbocycles. The number of alkyl carbamates (subject to hydrolysis) is 1. The molecule has 16 heteroatoms. The molecule has 250 valence electrons. The minimum absolute atomic E-state index is 0.00711. The van der Waals surface area contributed by atoms with Crippen LogP contribution in [0.1, 0.15) is 49.0 Å². The molecule has 0 aliphatic carbocycles. The maximum atomic E-state index is 12.0. The minimum Gasteiger partial charge on any atom is -0.494 e. The molecule has 15 nitrogen and oxygen atoms in total. The highest BCUT2D eigenvalue weighted by molar-refractivity contribution is 8.00. The summed E-state index contributed by atoms with van der Waals surface area (Å²) in [5.41, 5.74) is 1.21. The smallest absolute Gasteiger partial charge is 0.407 e. The van der Waals surface area contributed by atoms with E-state index in [0.717, 1.165) is 25.0 Å². The fourth-order valence-corrected chi connectivity index (χ4v) is 7.40. The summed E-state index contributed by atoms with van der Waals surface area (Å²) in [5, 5.41) is 32.6. The van der Waals surface area contributed by atoms with Crippen molar-refractivity contribution < 1.29 is 48.3 Å². The Bertz CT molecular complexity index is 1180. The first kappa shape index (κ1) is 33.2. The number of hydrogen-bond donors (Lipinski definition) is 6. The molecular formula is C29H43N5O10S. The van der Waals surface area contributed by atoms with Gasteiger partial charge in [0.25, 0.3) is 0 Å². The molecule has 4 aliphatic heterocycles. The first-order chi connectivity index (χ1) is 21.9. The van der Waals surface area contributed by atoms with Crippen LogP contribution in [-0.2, 0) is 35.0 Å². The molecule has 0 radical (unpaired) electrons. The molecular weight excluding hydrogens is 610 g/mol. The zero-order valence-electron chi connectivity index (χ0n) is 25.2. The standard InChI is InChI=1S/C29H43N5O10S/c35-22(4-2-1-3-21-25-18(17-45-21)32-28(38)33-25)30-7-10-40-13-14-41-11-8-31-29(39)43-16-15-42-12-9-34-26(36)23-19-5-6-20(44-19)24(23)27(34)37/h5-6,18-21,25,36-37H,1-4,7-17H2,(H,30,35)(H,31,39)(H2,32,33,38). The Morgan fingerprint density at radius 2 is 1.58 bits per heavy atom. The molecule has 2 saturated heterocycles. The summed E-state index contributed by atoms with van der Waals surface area (Å²) in [7, 11) is 0. The Kier molecular flexibility index (Phi) is 12.1. The van der Waals surface area contributed by atoms with Crippen molar-refractivity contribution in [3.63, 3.8) is 0 Å². The zero-order valence-corrected chi connectivity index (χ0v) is 26.0. The van der Waals surface area contributed by atoms with Crippen molar-refractivity contribution in [3.8, 4) is 11.8 Å². The van der Waals surface area contributed by atoms with Gasteiger partial charge < -0.3 is 55.2 Å². The van der Waals surface area contributed by atoms with Gasteiger partial charge in [-0.3, -0.25) is 9.36 Å². The number of amides is 4. The highest BCUT2D eigenvalue weighted by atomic mass is 32.2. The van der Waals surface area contributed by atoms with Gasteiger partial charge >= 0.3 is 12.1 Å². The number of nitrogens with one attached hydrogen (secondary N) is 4. The third kappa shape index (κ3) is 8.76. The lowest BCUT2D eigenvalue weighted by atomic mass is 10.0. The van der Waals surface area contributed by atoms with E-state index >= 15 is 0 Å². The summed E-state index contributed by atoms with van der Waals surface area (Å²) in [6.45, 7) is 2.81. The predicted molar refractivity (Wildman–Crippen MR) is 162 cm³/mol. The molecule has 1 aromatic heterocycles. The monoisotopic (exact) mass is 653 g/mol. The molecule has 45 heavy (non-hydrogen) atoms. The lowest BCUT2D eigenvalue weighted by molar-refractivity contribution is -0.121. The molecule has 5 heterocycles. The molecule has 5 unspecified atom stereocenters. The van der Waals surface area contributed by atoms with Crippen LogP contribution in [0.4, 0.5) is 9.59 Å². The van der Waals surface area contributed by atoms with Gasteiger partial charge in [0.2, 0.25) is 17.7 Å². The SMILES string of the molecule is O=C(CCCCC1SCC2NC(=O)NC21)NCCOCCOCCNC(=O)OCCOCCn1c(O)c2c(c1O)C1C=CC2O1. The fourth-order valence-electron chi connectivity index (χ4n) is 5.86. The Hall–Kier alpha value is -3.18. The molecule has 6 N–H and O–H groups in total. The number of rotatable bonds is 20.